The molecule has 124 valence electrons. The minimum atomic E-state index is -0.348. The number of carbonyl (C=O) groups is 1. The molecule has 5 heteroatoms. The van der Waals surface area contributed by atoms with Crippen LogP contribution in [0, 0.1) is 0 Å². The molecule has 3 rings (SSSR count). The van der Waals surface area contributed by atoms with Gasteiger partial charge in [-0.2, -0.15) is 0 Å². The zero-order chi connectivity index (χ0) is 16.9. The van der Waals surface area contributed by atoms with Gasteiger partial charge in [0.05, 0.1) is 6.61 Å². The number of nitrogens with zero attached hydrogens (tertiary/aromatic N) is 1. The van der Waals surface area contributed by atoms with Crippen molar-refractivity contribution in [2.75, 3.05) is 19.7 Å². The molecule has 2 aromatic rings. The van der Waals surface area contributed by atoms with Crippen LogP contribution in [0.15, 0.2) is 53.5 Å². The van der Waals surface area contributed by atoms with Gasteiger partial charge in [0.1, 0.15) is 11.3 Å². The normalized spacial score (nSPS) is 14.2. The van der Waals surface area contributed by atoms with Gasteiger partial charge in [0.2, 0.25) is 0 Å². The highest BCUT2D eigenvalue weighted by Crippen LogP contribution is 2.30. The van der Waals surface area contributed by atoms with Crippen LogP contribution in [0.5, 0.6) is 5.75 Å². The molecule has 0 saturated heterocycles. The number of pyridine rings is 1. The van der Waals surface area contributed by atoms with Crippen molar-refractivity contribution in [1.82, 2.24) is 9.88 Å². The highest BCUT2D eigenvalue weighted by atomic mass is 16.5. The van der Waals surface area contributed by atoms with Gasteiger partial charge >= 0.3 is 0 Å². The quantitative estimate of drug-likeness (QED) is 0.940. The van der Waals surface area contributed by atoms with Gasteiger partial charge in [-0.05, 0) is 37.1 Å². The number of benzene rings is 1. The summed E-state index contributed by atoms with van der Waals surface area (Å²) in [6.45, 7) is 3.65. The predicted molar refractivity (Wildman–Crippen MR) is 93.2 cm³/mol. The van der Waals surface area contributed by atoms with Crippen LogP contribution in [0.2, 0.25) is 0 Å². The number of aromatic amines is 1. The molecule has 1 amide bonds. The van der Waals surface area contributed by atoms with Crippen LogP contribution in [-0.4, -0.2) is 35.5 Å². The monoisotopic (exact) mass is 324 g/mol. The number of H-pyrrole nitrogens is 1. The Morgan fingerprint density at radius 2 is 2.08 bits per heavy atom. The average molecular weight is 324 g/mol. The summed E-state index contributed by atoms with van der Waals surface area (Å²) >= 11 is 0. The Balaban J connectivity index is 1.79. The molecule has 1 aromatic heterocycles. The van der Waals surface area contributed by atoms with Crippen LogP contribution in [-0.2, 0) is 0 Å². The number of para-hydroxylation sites is 1. The summed E-state index contributed by atoms with van der Waals surface area (Å²) in [5, 5.41) is 0. The van der Waals surface area contributed by atoms with Gasteiger partial charge in [-0.1, -0.05) is 24.3 Å². The molecule has 1 aliphatic rings. The van der Waals surface area contributed by atoms with Gasteiger partial charge in [-0.15, -0.1) is 0 Å². The fraction of sp³-hybridized carbons (Fsp3) is 0.263. The molecule has 0 spiro atoms. The number of carbonyl (C=O) groups excluding carboxylic acids is 1. The fourth-order valence-corrected chi connectivity index (χ4v) is 2.87. The van der Waals surface area contributed by atoms with E-state index in [0.29, 0.717) is 19.7 Å². The van der Waals surface area contributed by atoms with Crippen LogP contribution in [0.4, 0.5) is 0 Å². The summed E-state index contributed by atoms with van der Waals surface area (Å²) in [5.41, 5.74) is 2.08. The Bertz CT molecular complexity index is 823. The summed E-state index contributed by atoms with van der Waals surface area (Å²) in [7, 11) is 0. The predicted octanol–water partition coefficient (Wildman–Crippen LogP) is 2.70. The minimum Gasteiger partial charge on any atom is -0.493 e. The van der Waals surface area contributed by atoms with Crippen molar-refractivity contribution in [3.8, 4) is 5.75 Å². The molecule has 24 heavy (non-hydrogen) atoms. The van der Waals surface area contributed by atoms with E-state index < -0.39 is 0 Å². The standard InChI is InChI=1S/C19H20N2O3/c1-2-24-17-8-4-3-6-15(17)14-9-12-21(13-10-14)19(23)16-7-5-11-20-18(16)22/h3-9,11H,2,10,12-13H2,1H3,(H,20,22). The topological polar surface area (TPSA) is 62.4 Å². The summed E-state index contributed by atoms with van der Waals surface area (Å²) in [4.78, 5) is 28.5. The summed E-state index contributed by atoms with van der Waals surface area (Å²) in [6.07, 6.45) is 4.30. The van der Waals surface area contributed by atoms with E-state index in [4.69, 9.17) is 4.74 Å². The lowest BCUT2D eigenvalue weighted by Crippen LogP contribution is -2.37. The lowest BCUT2D eigenvalue weighted by molar-refractivity contribution is 0.0771. The lowest BCUT2D eigenvalue weighted by atomic mass is 9.98. The van der Waals surface area contributed by atoms with Gasteiger partial charge in [-0.25, -0.2) is 0 Å². The van der Waals surface area contributed by atoms with Crippen LogP contribution in [0.3, 0.4) is 0 Å². The zero-order valence-corrected chi connectivity index (χ0v) is 13.6. The number of amides is 1. The Morgan fingerprint density at radius 1 is 1.25 bits per heavy atom. The minimum absolute atomic E-state index is 0.184. The molecule has 0 aliphatic carbocycles. The smallest absolute Gasteiger partial charge is 0.260 e. The lowest BCUT2D eigenvalue weighted by Gasteiger charge is -2.27. The van der Waals surface area contributed by atoms with E-state index in [1.807, 2.05) is 37.3 Å². The fourth-order valence-electron chi connectivity index (χ4n) is 2.87. The largest absolute Gasteiger partial charge is 0.493 e. The highest BCUT2D eigenvalue weighted by molar-refractivity contribution is 5.94. The van der Waals surface area contributed by atoms with Crippen molar-refractivity contribution in [3.63, 3.8) is 0 Å². The van der Waals surface area contributed by atoms with E-state index in [9.17, 15) is 9.59 Å². The third kappa shape index (κ3) is 3.25. The number of nitrogens with one attached hydrogen (secondary N) is 1. The maximum absolute atomic E-state index is 12.5. The second-order valence-corrected chi connectivity index (χ2v) is 5.57. The molecule has 1 aliphatic heterocycles. The first-order valence-electron chi connectivity index (χ1n) is 8.09. The molecule has 0 bridgehead atoms. The van der Waals surface area contributed by atoms with Gasteiger partial charge in [0.25, 0.3) is 11.5 Å². The first-order valence-corrected chi connectivity index (χ1v) is 8.09. The Morgan fingerprint density at radius 3 is 2.79 bits per heavy atom. The van der Waals surface area contributed by atoms with Crippen molar-refractivity contribution >= 4 is 11.5 Å². The first-order chi connectivity index (χ1) is 11.7. The van der Waals surface area contributed by atoms with Gasteiger partial charge < -0.3 is 14.6 Å². The molecule has 2 heterocycles. The van der Waals surface area contributed by atoms with Crippen molar-refractivity contribution in [1.29, 1.82) is 0 Å². The van der Waals surface area contributed by atoms with Crippen molar-refractivity contribution in [3.05, 3.63) is 70.2 Å². The number of hydrogen-bond donors (Lipinski definition) is 1. The molecule has 5 nitrogen and oxygen atoms in total. The van der Waals surface area contributed by atoms with E-state index >= 15 is 0 Å². The van der Waals surface area contributed by atoms with Crippen molar-refractivity contribution in [2.24, 2.45) is 0 Å². The average Bonchev–Trinajstić information content (AvgIpc) is 2.63. The summed E-state index contributed by atoms with van der Waals surface area (Å²) in [5.74, 6) is 0.635. The second-order valence-electron chi connectivity index (χ2n) is 5.57. The number of ether oxygens (including phenoxy) is 1. The van der Waals surface area contributed by atoms with E-state index in [2.05, 4.69) is 4.98 Å². The van der Waals surface area contributed by atoms with Gasteiger partial charge in [0, 0.05) is 24.8 Å². The molecule has 0 unspecified atom stereocenters. The first kappa shape index (κ1) is 16.1. The second kappa shape index (κ2) is 7.17. The van der Waals surface area contributed by atoms with E-state index in [1.54, 1.807) is 17.0 Å². The molecular weight excluding hydrogens is 304 g/mol. The van der Waals surface area contributed by atoms with Gasteiger partial charge in [-0.3, -0.25) is 9.59 Å². The van der Waals surface area contributed by atoms with E-state index in [0.717, 1.165) is 17.7 Å². The van der Waals surface area contributed by atoms with Crippen LogP contribution >= 0.6 is 0 Å². The van der Waals surface area contributed by atoms with Gasteiger partial charge in [0.15, 0.2) is 0 Å². The van der Waals surface area contributed by atoms with Crippen molar-refractivity contribution < 1.29 is 9.53 Å². The summed E-state index contributed by atoms with van der Waals surface area (Å²) in [6, 6.07) is 11.2. The van der Waals surface area contributed by atoms with E-state index in [-0.39, 0.29) is 17.0 Å². The van der Waals surface area contributed by atoms with Crippen LogP contribution in [0.25, 0.3) is 5.57 Å². The molecule has 1 N–H and O–H groups in total. The Kier molecular flexibility index (Phi) is 4.79. The third-order valence-electron chi connectivity index (χ3n) is 4.08. The maximum Gasteiger partial charge on any atom is 0.260 e. The Hall–Kier alpha value is -2.82. The third-order valence-corrected chi connectivity index (χ3v) is 4.08. The molecule has 0 fully saturated rings. The molecule has 0 saturated carbocycles. The van der Waals surface area contributed by atoms with E-state index in [1.165, 1.54) is 11.8 Å². The number of rotatable bonds is 4. The van der Waals surface area contributed by atoms with Crippen LogP contribution in [0.1, 0.15) is 29.3 Å². The number of aromatic nitrogens is 1. The maximum atomic E-state index is 12.5. The van der Waals surface area contributed by atoms with Crippen molar-refractivity contribution in [2.45, 2.75) is 13.3 Å². The highest BCUT2D eigenvalue weighted by Gasteiger charge is 2.22. The molecule has 1 aromatic carbocycles. The molecule has 0 radical (unpaired) electrons. The summed E-state index contributed by atoms with van der Waals surface area (Å²) < 4.78 is 5.68. The number of hydrogen-bond acceptors (Lipinski definition) is 3. The zero-order valence-electron chi connectivity index (χ0n) is 13.6. The molecule has 0 atom stereocenters. The molecular formula is C19H20N2O3. The van der Waals surface area contributed by atoms with Crippen LogP contribution < -0.4 is 10.3 Å². The Labute approximate surface area is 140 Å². The SMILES string of the molecule is CCOc1ccccc1C1=CCN(C(=O)c2ccc[nH]c2=O)CC1.